The molecule has 24 heavy (non-hydrogen) atoms. The highest BCUT2D eigenvalue weighted by Gasteiger charge is 2.33. The van der Waals surface area contributed by atoms with E-state index in [0.717, 1.165) is 12.1 Å². The summed E-state index contributed by atoms with van der Waals surface area (Å²) in [5.74, 6) is -0.0227. The van der Waals surface area contributed by atoms with E-state index in [2.05, 4.69) is 22.2 Å². The Morgan fingerprint density at radius 3 is 2.62 bits per heavy atom. The highest BCUT2D eigenvalue weighted by molar-refractivity contribution is 6.31. The van der Waals surface area contributed by atoms with Crippen LogP contribution in [-0.2, 0) is 6.18 Å². The van der Waals surface area contributed by atoms with E-state index in [9.17, 15) is 18.0 Å². The van der Waals surface area contributed by atoms with Gasteiger partial charge in [0.1, 0.15) is 5.82 Å². The largest absolute Gasteiger partial charge is 0.417 e. The molecule has 0 spiro atoms. The van der Waals surface area contributed by atoms with Crippen LogP contribution in [0.1, 0.15) is 15.9 Å². The van der Waals surface area contributed by atoms with Crippen LogP contribution in [0, 0.1) is 0 Å². The summed E-state index contributed by atoms with van der Waals surface area (Å²) in [6.07, 6.45) is -1.62. The van der Waals surface area contributed by atoms with Crippen LogP contribution in [0.15, 0.2) is 49.2 Å². The molecular weight excluding hydrogens is 343 g/mol. The Labute approximate surface area is 141 Å². The van der Waals surface area contributed by atoms with Crippen molar-refractivity contribution in [3.05, 3.63) is 65.3 Å². The summed E-state index contributed by atoms with van der Waals surface area (Å²) in [6.45, 7) is 4.07. The number of anilines is 2. The molecule has 1 aromatic heterocycles. The van der Waals surface area contributed by atoms with Crippen LogP contribution < -0.4 is 10.6 Å². The Bertz CT molecular complexity index is 745. The maximum atomic E-state index is 12.8. The van der Waals surface area contributed by atoms with Crippen molar-refractivity contribution in [2.24, 2.45) is 0 Å². The van der Waals surface area contributed by atoms with Crippen molar-refractivity contribution in [1.82, 2.24) is 4.98 Å². The number of pyridine rings is 1. The van der Waals surface area contributed by atoms with Gasteiger partial charge in [0.05, 0.1) is 16.1 Å². The number of nitrogens with zero attached hydrogens (tertiary/aromatic N) is 1. The van der Waals surface area contributed by atoms with Gasteiger partial charge in [-0.3, -0.25) is 4.79 Å². The minimum Gasteiger partial charge on any atom is -0.367 e. The predicted molar refractivity (Wildman–Crippen MR) is 87.3 cm³/mol. The molecule has 0 fully saturated rings. The average Bonchev–Trinajstić information content (AvgIpc) is 2.54. The lowest BCUT2D eigenvalue weighted by Gasteiger charge is -2.12. The smallest absolute Gasteiger partial charge is 0.367 e. The molecule has 2 rings (SSSR count). The van der Waals surface area contributed by atoms with Crippen LogP contribution in [0.3, 0.4) is 0 Å². The van der Waals surface area contributed by atoms with E-state index >= 15 is 0 Å². The first-order valence-electron chi connectivity index (χ1n) is 6.80. The van der Waals surface area contributed by atoms with Gasteiger partial charge in [-0.1, -0.05) is 17.7 Å². The second-order valence-electron chi connectivity index (χ2n) is 4.75. The molecule has 0 atom stereocenters. The molecule has 0 radical (unpaired) electrons. The summed E-state index contributed by atoms with van der Waals surface area (Å²) < 4.78 is 38.4. The quantitative estimate of drug-likeness (QED) is 0.770. The van der Waals surface area contributed by atoms with Gasteiger partial charge >= 0.3 is 6.18 Å². The molecule has 0 saturated heterocycles. The molecule has 0 unspecified atom stereocenters. The van der Waals surface area contributed by atoms with Crippen molar-refractivity contribution >= 4 is 29.0 Å². The van der Waals surface area contributed by atoms with Gasteiger partial charge in [0.2, 0.25) is 0 Å². The number of benzene rings is 1. The topological polar surface area (TPSA) is 54.0 Å². The van der Waals surface area contributed by atoms with Gasteiger partial charge in [0.15, 0.2) is 0 Å². The molecule has 0 aliphatic rings. The molecule has 0 bridgehead atoms. The molecule has 4 nitrogen and oxygen atoms in total. The fourth-order valence-corrected chi connectivity index (χ4v) is 2.06. The molecule has 126 valence electrons. The molecule has 8 heteroatoms. The zero-order valence-electron chi connectivity index (χ0n) is 12.3. The molecular formula is C16H13ClF3N3O. The van der Waals surface area contributed by atoms with Gasteiger partial charge < -0.3 is 10.6 Å². The Hall–Kier alpha value is -2.54. The number of rotatable bonds is 5. The van der Waals surface area contributed by atoms with Crippen molar-refractivity contribution < 1.29 is 18.0 Å². The number of nitrogens with one attached hydrogen (secondary N) is 2. The normalized spacial score (nSPS) is 11.0. The van der Waals surface area contributed by atoms with E-state index in [1.807, 2.05) is 0 Å². The first-order chi connectivity index (χ1) is 11.3. The van der Waals surface area contributed by atoms with Gasteiger partial charge in [-0.25, -0.2) is 4.98 Å². The summed E-state index contributed by atoms with van der Waals surface area (Å²) in [5.41, 5.74) is -0.808. The second-order valence-corrected chi connectivity index (χ2v) is 5.16. The number of carbonyl (C=O) groups is 1. The molecule has 2 aromatic rings. The van der Waals surface area contributed by atoms with Gasteiger partial charge in [0, 0.05) is 18.4 Å². The number of carbonyl (C=O) groups excluding carboxylic acids is 1. The maximum Gasteiger partial charge on any atom is 0.417 e. The molecule has 0 aliphatic carbocycles. The number of amides is 1. The van der Waals surface area contributed by atoms with Crippen molar-refractivity contribution in [2.75, 3.05) is 17.2 Å². The fraction of sp³-hybridized carbons (Fsp3) is 0.125. The summed E-state index contributed by atoms with van der Waals surface area (Å²) in [5, 5.41) is 4.90. The van der Waals surface area contributed by atoms with Gasteiger partial charge in [-0.15, -0.1) is 6.58 Å². The van der Waals surface area contributed by atoms with E-state index in [1.54, 1.807) is 12.1 Å². The van der Waals surface area contributed by atoms with E-state index in [0.29, 0.717) is 12.4 Å². The van der Waals surface area contributed by atoms with E-state index in [4.69, 9.17) is 11.6 Å². The average molecular weight is 356 g/mol. The predicted octanol–water partition coefficient (Wildman–Crippen LogP) is 4.60. The van der Waals surface area contributed by atoms with E-state index in [1.165, 1.54) is 18.3 Å². The molecule has 1 heterocycles. The van der Waals surface area contributed by atoms with Crippen LogP contribution in [0.5, 0.6) is 0 Å². The third-order valence-corrected chi connectivity index (χ3v) is 3.31. The first-order valence-corrected chi connectivity index (χ1v) is 7.18. The fourth-order valence-electron chi connectivity index (χ4n) is 1.83. The number of hydrogen-bond donors (Lipinski definition) is 2. The summed E-state index contributed by atoms with van der Waals surface area (Å²) in [4.78, 5) is 16.1. The number of hydrogen-bond acceptors (Lipinski definition) is 3. The molecule has 1 amide bonds. The Kier molecular flexibility index (Phi) is 5.46. The number of halogens is 4. The lowest BCUT2D eigenvalue weighted by Crippen LogP contribution is -2.14. The monoisotopic (exact) mass is 355 g/mol. The van der Waals surface area contributed by atoms with Crippen LogP contribution in [0.4, 0.5) is 24.7 Å². The summed E-state index contributed by atoms with van der Waals surface area (Å²) in [7, 11) is 0. The maximum absolute atomic E-state index is 12.8. The van der Waals surface area contributed by atoms with Gasteiger partial charge in [-0.05, 0) is 30.3 Å². The van der Waals surface area contributed by atoms with Crippen LogP contribution >= 0.6 is 11.6 Å². The zero-order valence-corrected chi connectivity index (χ0v) is 13.1. The van der Waals surface area contributed by atoms with Crippen molar-refractivity contribution in [3.8, 4) is 0 Å². The van der Waals surface area contributed by atoms with Crippen molar-refractivity contribution in [1.29, 1.82) is 0 Å². The SMILES string of the molecule is C=CCNc1ccc(C(=O)Nc2ccc(Cl)c(C(F)(F)F)c2)cn1. The van der Waals surface area contributed by atoms with Gasteiger partial charge in [-0.2, -0.15) is 13.2 Å². The van der Waals surface area contributed by atoms with Crippen LogP contribution in [0.25, 0.3) is 0 Å². The first kappa shape index (κ1) is 17.8. The van der Waals surface area contributed by atoms with Crippen LogP contribution in [-0.4, -0.2) is 17.4 Å². The zero-order chi connectivity index (χ0) is 17.7. The second kappa shape index (κ2) is 7.35. The molecule has 0 saturated carbocycles. The van der Waals surface area contributed by atoms with Gasteiger partial charge in [0.25, 0.3) is 5.91 Å². The minimum atomic E-state index is -4.60. The minimum absolute atomic E-state index is 0.00872. The standard InChI is InChI=1S/C16H13ClF3N3O/c1-2-7-21-14-6-3-10(9-22-14)15(24)23-11-4-5-13(17)12(8-11)16(18,19)20/h2-6,8-9H,1,7H2,(H,21,22)(H,23,24). The molecule has 0 aliphatic heterocycles. The molecule has 1 aromatic carbocycles. The summed E-state index contributed by atoms with van der Waals surface area (Å²) >= 11 is 5.54. The Morgan fingerprint density at radius 2 is 2.04 bits per heavy atom. The number of alkyl halides is 3. The summed E-state index contributed by atoms with van der Waals surface area (Å²) in [6, 6.07) is 6.26. The van der Waals surface area contributed by atoms with Crippen LogP contribution in [0.2, 0.25) is 5.02 Å². The van der Waals surface area contributed by atoms with Crippen molar-refractivity contribution in [2.45, 2.75) is 6.18 Å². The Balaban J connectivity index is 2.13. The Morgan fingerprint density at radius 1 is 1.29 bits per heavy atom. The third kappa shape index (κ3) is 4.48. The highest BCUT2D eigenvalue weighted by Crippen LogP contribution is 2.36. The lowest BCUT2D eigenvalue weighted by molar-refractivity contribution is -0.137. The third-order valence-electron chi connectivity index (χ3n) is 2.98. The van der Waals surface area contributed by atoms with Crippen molar-refractivity contribution in [3.63, 3.8) is 0 Å². The highest BCUT2D eigenvalue weighted by atomic mass is 35.5. The lowest BCUT2D eigenvalue weighted by atomic mass is 10.2. The molecule has 2 N–H and O–H groups in total. The number of aromatic nitrogens is 1. The van der Waals surface area contributed by atoms with E-state index in [-0.39, 0.29) is 11.3 Å². The van der Waals surface area contributed by atoms with E-state index < -0.39 is 22.7 Å².